The fourth-order valence-corrected chi connectivity index (χ4v) is 3.26. The van der Waals surface area contributed by atoms with E-state index < -0.39 is 11.7 Å². The molecule has 1 fully saturated rings. The third kappa shape index (κ3) is 4.16. The number of amides is 2. The van der Waals surface area contributed by atoms with Gasteiger partial charge in [-0.15, -0.1) is 11.3 Å². The third-order valence-corrected chi connectivity index (χ3v) is 4.68. The molecule has 0 unspecified atom stereocenters. The van der Waals surface area contributed by atoms with Crippen molar-refractivity contribution in [2.75, 3.05) is 6.54 Å². The van der Waals surface area contributed by atoms with Gasteiger partial charge in [0.25, 0.3) is 5.91 Å². The van der Waals surface area contributed by atoms with Gasteiger partial charge < -0.3 is 10.6 Å². The fourth-order valence-electron chi connectivity index (χ4n) is 2.45. The molecule has 132 valence electrons. The van der Waals surface area contributed by atoms with Gasteiger partial charge in [-0.25, -0.2) is 4.98 Å². The summed E-state index contributed by atoms with van der Waals surface area (Å²) in [4.78, 5) is 27.4. The molecule has 0 aliphatic carbocycles. The Morgan fingerprint density at radius 3 is 2.64 bits per heavy atom. The predicted molar refractivity (Wildman–Crippen MR) is 86.0 cm³/mol. The van der Waals surface area contributed by atoms with E-state index in [0.717, 1.165) is 12.1 Å². The summed E-state index contributed by atoms with van der Waals surface area (Å²) in [6.45, 7) is 0.317. The monoisotopic (exact) mass is 369 g/mol. The molecule has 5 nitrogen and oxygen atoms in total. The number of carbonyl (C=O) groups excluding carboxylic acids is 2. The second-order valence-corrected chi connectivity index (χ2v) is 6.48. The van der Waals surface area contributed by atoms with Crippen LogP contribution in [-0.2, 0) is 11.0 Å². The van der Waals surface area contributed by atoms with E-state index in [4.69, 9.17) is 0 Å². The Balaban J connectivity index is 1.63. The second kappa shape index (κ2) is 6.83. The lowest BCUT2D eigenvalue weighted by Crippen LogP contribution is -2.38. The highest BCUT2D eigenvalue weighted by Gasteiger charge is 2.30. The molecule has 25 heavy (non-hydrogen) atoms. The Labute approximate surface area is 145 Å². The largest absolute Gasteiger partial charge is 0.416 e. The Bertz CT molecular complexity index is 787. The van der Waals surface area contributed by atoms with Crippen molar-refractivity contribution in [1.29, 1.82) is 0 Å². The van der Waals surface area contributed by atoms with Crippen molar-refractivity contribution in [1.82, 2.24) is 15.6 Å². The van der Waals surface area contributed by atoms with Crippen LogP contribution in [0.5, 0.6) is 0 Å². The number of alkyl halides is 3. The number of aromatic nitrogens is 1. The lowest BCUT2D eigenvalue weighted by molar-refractivity contribution is -0.137. The van der Waals surface area contributed by atoms with Gasteiger partial charge in [0.15, 0.2) is 0 Å². The number of rotatable bonds is 4. The maximum Gasteiger partial charge on any atom is 0.416 e. The quantitative estimate of drug-likeness (QED) is 0.871. The Kier molecular flexibility index (Phi) is 4.76. The first-order valence-electron chi connectivity index (χ1n) is 7.53. The van der Waals surface area contributed by atoms with Crippen LogP contribution in [0.2, 0.25) is 0 Å². The first kappa shape index (κ1) is 17.4. The number of benzene rings is 1. The van der Waals surface area contributed by atoms with E-state index in [9.17, 15) is 22.8 Å². The minimum Gasteiger partial charge on any atom is -0.352 e. The van der Waals surface area contributed by atoms with Gasteiger partial charge in [0.1, 0.15) is 10.7 Å². The summed E-state index contributed by atoms with van der Waals surface area (Å²) < 4.78 is 37.7. The molecule has 2 amide bonds. The highest BCUT2D eigenvalue weighted by molar-refractivity contribution is 7.13. The lowest BCUT2D eigenvalue weighted by atomic mass is 10.1. The van der Waals surface area contributed by atoms with Crippen LogP contribution in [0.15, 0.2) is 29.6 Å². The van der Waals surface area contributed by atoms with E-state index >= 15 is 0 Å². The zero-order valence-corrected chi connectivity index (χ0v) is 13.7. The number of hydrogen-bond donors (Lipinski definition) is 2. The van der Waals surface area contributed by atoms with Gasteiger partial charge in [-0.2, -0.15) is 13.2 Å². The molecule has 0 spiro atoms. The molecular formula is C16H14F3N3O2S. The van der Waals surface area contributed by atoms with Gasteiger partial charge in [0.2, 0.25) is 5.91 Å². The highest BCUT2D eigenvalue weighted by atomic mass is 32.1. The first-order valence-corrected chi connectivity index (χ1v) is 8.41. The molecule has 3 rings (SSSR count). The van der Waals surface area contributed by atoms with E-state index in [-0.39, 0.29) is 23.6 Å². The number of nitrogens with zero attached hydrogens (tertiary/aromatic N) is 1. The zero-order chi connectivity index (χ0) is 18.0. The van der Waals surface area contributed by atoms with Gasteiger partial charge in [-0.1, -0.05) is 12.1 Å². The smallest absolute Gasteiger partial charge is 0.352 e. The van der Waals surface area contributed by atoms with Gasteiger partial charge in [-0.05, 0) is 18.6 Å². The van der Waals surface area contributed by atoms with Crippen molar-refractivity contribution >= 4 is 23.2 Å². The lowest BCUT2D eigenvalue weighted by Gasteiger charge is -2.10. The molecule has 2 aromatic rings. The number of hydrogen-bond acceptors (Lipinski definition) is 4. The van der Waals surface area contributed by atoms with Crippen molar-refractivity contribution < 1.29 is 22.8 Å². The number of nitrogens with one attached hydrogen (secondary N) is 2. The molecule has 0 saturated carbocycles. The molecule has 1 aromatic heterocycles. The Morgan fingerprint density at radius 2 is 2.04 bits per heavy atom. The summed E-state index contributed by atoms with van der Waals surface area (Å²) in [6, 6.07) is 4.55. The van der Waals surface area contributed by atoms with E-state index in [1.165, 1.54) is 23.5 Å². The van der Waals surface area contributed by atoms with Gasteiger partial charge in [0, 0.05) is 30.0 Å². The van der Waals surface area contributed by atoms with E-state index in [1.807, 2.05) is 0 Å². The topological polar surface area (TPSA) is 71.1 Å². The molecule has 1 aliphatic heterocycles. The maximum absolute atomic E-state index is 12.6. The summed E-state index contributed by atoms with van der Waals surface area (Å²) in [5.41, 5.74) is -0.0197. The predicted octanol–water partition coefficient (Wildman–Crippen LogP) is 2.84. The van der Waals surface area contributed by atoms with Crippen molar-refractivity contribution in [2.24, 2.45) is 0 Å². The van der Waals surface area contributed by atoms with Crippen LogP contribution in [-0.4, -0.2) is 29.4 Å². The second-order valence-electron chi connectivity index (χ2n) is 5.63. The van der Waals surface area contributed by atoms with Gasteiger partial charge in [0.05, 0.1) is 5.56 Å². The first-order chi connectivity index (χ1) is 11.8. The molecule has 1 atom stereocenters. The van der Waals surface area contributed by atoms with Crippen LogP contribution < -0.4 is 10.6 Å². The zero-order valence-electron chi connectivity index (χ0n) is 12.9. The van der Waals surface area contributed by atoms with Crippen LogP contribution in [0, 0.1) is 0 Å². The standard InChI is InChI=1S/C16H14F3N3O2S/c17-16(18,19)10-3-1-9(2-4-10)15-22-12(8-25-15)14(24)20-7-11-5-6-13(23)21-11/h1-4,8,11H,5-7H2,(H,20,24)(H,21,23)/t11-/m1/s1. The summed E-state index contributed by atoms with van der Waals surface area (Å²) in [7, 11) is 0. The highest BCUT2D eigenvalue weighted by Crippen LogP contribution is 2.31. The molecule has 1 aromatic carbocycles. The normalized spacial score (nSPS) is 17.4. The summed E-state index contributed by atoms with van der Waals surface area (Å²) in [5.74, 6) is -0.409. The minimum absolute atomic E-state index is 0.0301. The van der Waals surface area contributed by atoms with Crippen LogP contribution in [0.25, 0.3) is 10.6 Å². The average Bonchev–Trinajstić information content (AvgIpc) is 3.21. The van der Waals surface area contributed by atoms with Crippen LogP contribution in [0.3, 0.4) is 0 Å². The van der Waals surface area contributed by atoms with E-state index in [0.29, 0.717) is 30.0 Å². The molecule has 0 radical (unpaired) electrons. The Hall–Kier alpha value is -2.42. The molecule has 1 aliphatic rings. The number of carbonyl (C=O) groups is 2. The van der Waals surface area contributed by atoms with E-state index in [1.54, 1.807) is 5.38 Å². The molecule has 2 N–H and O–H groups in total. The van der Waals surface area contributed by atoms with Gasteiger partial charge >= 0.3 is 6.18 Å². The SMILES string of the molecule is O=C1CC[C@H](CNC(=O)c2csc(-c3ccc(C(F)(F)F)cc3)n2)N1. The Morgan fingerprint density at radius 1 is 1.32 bits per heavy atom. The molecule has 1 saturated heterocycles. The summed E-state index contributed by atoms with van der Waals surface area (Å²) in [5, 5.41) is 7.46. The van der Waals surface area contributed by atoms with Crippen molar-refractivity contribution in [3.8, 4) is 10.6 Å². The van der Waals surface area contributed by atoms with Gasteiger partial charge in [-0.3, -0.25) is 9.59 Å². The van der Waals surface area contributed by atoms with Crippen LogP contribution in [0.1, 0.15) is 28.9 Å². The maximum atomic E-state index is 12.6. The fraction of sp³-hybridized carbons (Fsp3) is 0.312. The van der Waals surface area contributed by atoms with Crippen molar-refractivity contribution in [2.45, 2.75) is 25.1 Å². The molecule has 9 heteroatoms. The molecular weight excluding hydrogens is 355 g/mol. The van der Waals surface area contributed by atoms with Crippen molar-refractivity contribution in [3.05, 3.63) is 40.9 Å². The third-order valence-electron chi connectivity index (χ3n) is 3.79. The summed E-state index contributed by atoms with van der Waals surface area (Å²) >= 11 is 1.18. The molecule has 0 bridgehead atoms. The van der Waals surface area contributed by atoms with Crippen LogP contribution >= 0.6 is 11.3 Å². The minimum atomic E-state index is -4.39. The van der Waals surface area contributed by atoms with Crippen LogP contribution in [0.4, 0.5) is 13.2 Å². The average molecular weight is 369 g/mol. The number of thiazole rings is 1. The number of halogens is 3. The molecule has 2 heterocycles. The summed E-state index contributed by atoms with van der Waals surface area (Å²) in [6.07, 6.45) is -3.26. The van der Waals surface area contributed by atoms with Crippen molar-refractivity contribution in [3.63, 3.8) is 0 Å². The van der Waals surface area contributed by atoms with E-state index in [2.05, 4.69) is 15.6 Å².